The van der Waals surface area contributed by atoms with Gasteiger partial charge in [0.05, 0.1) is 24.6 Å². The maximum Gasteiger partial charge on any atom is 0.273 e. The molecule has 2 heterocycles. The van der Waals surface area contributed by atoms with Crippen LogP contribution in [-0.4, -0.2) is 60.4 Å². The molecule has 0 radical (unpaired) electrons. The van der Waals surface area contributed by atoms with Crippen LogP contribution in [0.25, 0.3) is 0 Å². The maximum absolute atomic E-state index is 11.9. The fourth-order valence-corrected chi connectivity index (χ4v) is 2.24. The highest BCUT2D eigenvalue weighted by molar-refractivity contribution is 5.97. The topological polar surface area (TPSA) is 96.3 Å². The van der Waals surface area contributed by atoms with Crippen LogP contribution in [0.5, 0.6) is 0 Å². The number of nitrogens with zero attached hydrogens (tertiary/aromatic N) is 2. The Balaban J connectivity index is 1.70. The average Bonchev–Trinajstić information content (AvgIpc) is 2.85. The highest BCUT2D eigenvalue weighted by atomic mass is 16.5. The molecule has 0 spiro atoms. The van der Waals surface area contributed by atoms with Gasteiger partial charge in [-0.05, 0) is 19.4 Å². The highest BCUT2D eigenvalue weighted by Crippen LogP contribution is 2.13. The summed E-state index contributed by atoms with van der Waals surface area (Å²) in [4.78, 5) is 14.3. The van der Waals surface area contributed by atoms with E-state index in [1.54, 1.807) is 0 Å². The van der Waals surface area contributed by atoms with Crippen molar-refractivity contribution in [2.24, 2.45) is 0 Å². The lowest BCUT2D eigenvalue weighted by molar-refractivity contribution is 0.0374. The summed E-state index contributed by atoms with van der Waals surface area (Å²) in [5.41, 5.74) is 7.42. The Bertz CT molecular complexity index is 440. The van der Waals surface area contributed by atoms with Crippen molar-refractivity contribution in [1.82, 2.24) is 20.4 Å². The van der Waals surface area contributed by atoms with E-state index < -0.39 is 0 Å². The van der Waals surface area contributed by atoms with Gasteiger partial charge in [0.1, 0.15) is 0 Å². The average molecular weight is 281 g/mol. The quantitative estimate of drug-likeness (QED) is 0.638. The zero-order valence-electron chi connectivity index (χ0n) is 11.9. The predicted octanol–water partition coefficient (Wildman–Crippen LogP) is 0.00640. The van der Waals surface area contributed by atoms with E-state index >= 15 is 0 Å². The summed E-state index contributed by atoms with van der Waals surface area (Å²) >= 11 is 0. The minimum Gasteiger partial charge on any atom is -0.395 e. The second kappa shape index (κ2) is 7.25. The molecule has 1 aliphatic rings. The van der Waals surface area contributed by atoms with Crippen LogP contribution in [0.4, 0.5) is 5.69 Å². The molecule has 0 unspecified atom stereocenters. The summed E-state index contributed by atoms with van der Waals surface area (Å²) < 4.78 is 5.29. The molecule has 1 fully saturated rings. The van der Waals surface area contributed by atoms with Crippen LogP contribution in [0, 0.1) is 0 Å². The van der Waals surface area contributed by atoms with Crippen LogP contribution in [-0.2, 0) is 11.2 Å². The molecule has 2 rings (SSSR count). The van der Waals surface area contributed by atoms with Crippen molar-refractivity contribution in [3.63, 3.8) is 0 Å². The SMILES string of the molecule is CCc1[nH]nc(C(=O)NCCCN2CCOCC2)c1N. The number of aryl methyl sites for hydroxylation is 1. The first kappa shape index (κ1) is 14.8. The molecule has 7 heteroatoms. The number of anilines is 1. The molecule has 1 aromatic rings. The van der Waals surface area contributed by atoms with Crippen LogP contribution < -0.4 is 11.1 Å². The first-order valence-corrected chi connectivity index (χ1v) is 7.13. The van der Waals surface area contributed by atoms with Gasteiger partial charge >= 0.3 is 0 Å². The Hall–Kier alpha value is -1.60. The van der Waals surface area contributed by atoms with Gasteiger partial charge in [-0.1, -0.05) is 6.92 Å². The van der Waals surface area contributed by atoms with Crippen LogP contribution in [0.3, 0.4) is 0 Å². The van der Waals surface area contributed by atoms with E-state index in [9.17, 15) is 4.79 Å². The number of hydrogen-bond donors (Lipinski definition) is 3. The summed E-state index contributed by atoms with van der Waals surface area (Å²) in [6.45, 7) is 7.11. The molecule has 1 aromatic heterocycles. The Morgan fingerprint density at radius 1 is 1.50 bits per heavy atom. The molecule has 112 valence electrons. The van der Waals surface area contributed by atoms with Crippen LogP contribution in [0.15, 0.2) is 0 Å². The molecule has 20 heavy (non-hydrogen) atoms. The second-order valence-electron chi connectivity index (χ2n) is 4.88. The number of nitrogens with one attached hydrogen (secondary N) is 2. The Morgan fingerprint density at radius 2 is 2.25 bits per heavy atom. The number of nitrogen functional groups attached to an aromatic ring is 1. The lowest BCUT2D eigenvalue weighted by Gasteiger charge is -2.26. The number of carbonyl (C=O) groups excluding carboxylic acids is 1. The van der Waals surface area contributed by atoms with Crippen molar-refractivity contribution in [2.75, 3.05) is 45.1 Å². The number of aromatic nitrogens is 2. The lowest BCUT2D eigenvalue weighted by atomic mass is 10.2. The molecular weight excluding hydrogens is 258 g/mol. The van der Waals surface area contributed by atoms with Gasteiger partial charge < -0.3 is 15.8 Å². The largest absolute Gasteiger partial charge is 0.395 e. The number of aromatic amines is 1. The fraction of sp³-hybridized carbons (Fsp3) is 0.692. The third-order valence-corrected chi connectivity index (χ3v) is 3.49. The number of carbonyl (C=O) groups is 1. The minimum atomic E-state index is -0.208. The summed E-state index contributed by atoms with van der Waals surface area (Å²) in [5, 5.41) is 9.61. The molecule has 0 saturated carbocycles. The normalized spacial score (nSPS) is 16.2. The van der Waals surface area contributed by atoms with Crippen molar-refractivity contribution in [1.29, 1.82) is 0 Å². The molecule has 1 aliphatic heterocycles. The van der Waals surface area contributed by atoms with E-state index in [0.717, 1.165) is 51.4 Å². The van der Waals surface area contributed by atoms with Crippen LogP contribution >= 0.6 is 0 Å². The van der Waals surface area contributed by atoms with Gasteiger partial charge in [0, 0.05) is 19.6 Å². The highest BCUT2D eigenvalue weighted by Gasteiger charge is 2.16. The fourth-order valence-electron chi connectivity index (χ4n) is 2.24. The van der Waals surface area contributed by atoms with Crippen molar-refractivity contribution in [3.05, 3.63) is 11.4 Å². The maximum atomic E-state index is 11.9. The molecule has 0 aromatic carbocycles. The van der Waals surface area contributed by atoms with E-state index in [0.29, 0.717) is 17.9 Å². The predicted molar refractivity (Wildman–Crippen MR) is 76.6 cm³/mol. The molecule has 4 N–H and O–H groups in total. The number of hydrogen-bond acceptors (Lipinski definition) is 5. The number of rotatable bonds is 6. The number of nitrogens with two attached hydrogens (primary N) is 1. The van der Waals surface area contributed by atoms with Gasteiger partial charge in [0.15, 0.2) is 5.69 Å². The Kier molecular flexibility index (Phi) is 5.37. The van der Waals surface area contributed by atoms with E-state index in [1.807, 2.05) is 6.92 Å². The second-order valence-corrected chi connectivity index (χ2v) is 4.88. The van der Waals surface area contributed by atoms with Gasteiger partial charge in [0.25, 0.3) is 5.91 Å². The lowest BCUT2D eigenvalue weighted by Crippen LogP contribution is -2.38. The number of H-pyrrole nitrogens is 1. The van der Waals surface area contributed by atoms with E-state index in [4.69, 9.17) is 10.5 Å². The monoisotopic (exact) mass is 281 g/mol. The summed E-state index contributed by atoms with van der Waals surface area (Å²) in [5.74, 6) is -0.208. The van der Waals surface area contributed by atoms with Crippen molar-refractivity contribution >= 4 is 11.6 Å². The minimum absolute atomic E-state index is 0.208. The zero-order valence-corrected chi connectivity index (χ0v) is 11.9. The molecule has 0 atom stereocenters. The first-order chi connectivity index (χ1) is 9.72. The zero-order chi connectivity index (χ0) is 14.4. The third kappa shape index (κ3) is 3.71. The van der Waals surface area contributed by atoms with Gasteiger partial charge in [0.2, 0.25) is 0 Å². The van der Waals surface area contributed by atoms with E-state index in [1.165, 1.54) is 0 Å². The van der Waals surface area contributed by atoms with E-state index in [-0.39, 0.29) is 5.91 Å². The van der Waals surface area contributed by atoms with Gasteiger partial charge in [-0.2, -0.15) is 5.10 Å². The molecule has 1 saturated heterocycles. The Morgan fingerprint density at radius 3 is 2.90 bits per heavy atom. The number of ether oxygens (including phenoxy) is 1. The number of amides is 1. The van der Waals surface area contributed by atoms with Gasteiger partial charge in [-0.15, -0.1) is 0 Å². The number of morpholine rings is 1. The van der Waals surface area contributed by atoms with Crippen LogP contribution in [0.1, 0.15) is 29.5 Å². The van der Waals surface area contributed by atoms with E-state index in [2.05, 4.69) is 20.4 Å². The Labute approximate surface area is 118 Å². The van der Waals surface area contributed by atoms with Crippen molar-refractivity contribution < 1.29 is 9.53 Å². The molecule has 0 bridgehead atoms. The van der Waals surface area contributed by atoms with Gasteiger partial charge in [-0.3, -0.25) is 14.8 Å². The summed E-state index contributed by atoms with van der Waals surface area (Å²) in [6, 6.07) is 0. The van der Waals surface area contributed by atoms with Crippen molar-refractivity contribution in [2.45, 2.75) is 19.8 Å². The molecule has 7 nitrogen and oxygen atoms in total. The first-order valence-electron chi connectivity index (χ1n) is 7.13. The third-order valence-electron chi connectivity index (χ3n) is 3.49. The van der Waals surface area contributed by atoms with Crippen LogP contribution in [0.2, 0.25) is 0 Å². The summed E-state index contributed by atoms with van der Waals surface area (Å²) in [7, 11) is 0. The smallest absolute Gasteiger partial charge is 0.273 e. The van der Waals surface area contributed by atoms with Gasteiger partial charge in [-0.25, -0.2) is 0 Å². The molecule has 0 aliphatic carbocycles. The van der Waals surface area contributed by atoms with Crippen molar-refractivity contribution in [3.8, 4) is 0 Å². The molecular formula is C13H23N5O2. The standard InChI is InChI=1S/C13H23N5O2/c1-2-10-11(14)12(17-16-10)13(19)15-4-3-5-18-6-8-20-9-7-18/h2-9,14H2,1H3,(H,15,19)(H,16,17). The molecule has 1 amide bonds. The summed E-state index contributed by atoms with van der Waals surface area (Å²) in [6.07, 6.45) is 1.65.